The lowest BCUT2D eigenvalue weighted by Crippen LogP contribution is -2.52. The Morgan fingerprint density at radius 1 is 1.73 bits per heavy atom. The van der Waals surface area contributed by atoms with Gasteiger partial charge in [-0.2, -0.15) is 0 Å². The summed E-state index contributed by atoms with van der Waals surface area (Å²) < 4.78 is 0. The van der Waals surface area contributed by atoms with Crippen LogP contribution in [-0.2, 0) is 0 Å². The molecule has 60 valence electrons. The quantitative estimate of drug-likeness (QED) is 0.712. The number of hydrogen-bond acceptors (Lipinski definition) is 4. The van der Waals surface area contributed by atoms with E-state index < -0.39 is 0 Å². The van der Waals surface area contributed by atoms with Crippen molar-refractivity contribution in [2.75, 3.05) is 25.5 Å². The minimum atomic E-state index is 0.617. The fraction of sp³-hybridized carbons (Fsp3) is 0.571. The van der Waals surface area contributed by atoms with Crippen molar-refractivity contribution in [2.24, 2.45) is 0 Å². The van der Waals surface area contributed by atoms with E-state index >= 15 is 0 Å². The zero-order chi connectivity index (χ0) is 7.68. The molecule has 2 heterocycles. The van der Waals surface area contributed by atoms with Gasteiger partial charge in [-0.15, -0.1) is 11.3 Å². The number of rotatable bonds is 2. The fourth-order valence-corrected chi connectivity index (χ4v) is 1.87. The molecule has 1 aromatic rings. The summed E-state index contributed by atoms with van der Waals surface area (Å²) >= 11 is 1.66. The van der Waals surface area contributed by atoms with Gasteiger partial charge in [0, 0.05) is 24.7 Å². The molecule has 0 aliphatic carbocycles. The first-order chi connectivity index (χ1) is 5.34. The number of likely N-dealkylation sites (tertiary alicyclic amines) is 1. The van der Waals surface area contributed by atoms with Gasteiger partial charge in [0.1, 0.15) is 0 Å². The van der Waals surface area contributed by atoms with Gasteiger partial charge in [-0.05, 0) is 7.05 Å². The van der Waals surface area contributed by atoms with Gasteiger partial charge in [0.05, 0.1) is 6.04 Å². The average Bonchev–Trinajstić information content (AvgIpc) is 2.36. The van der Waals surface area contributed by atoms with E-state index in [4.69, 9.17) is 0 Å². The van der Waals surface area contributed by atoms with Crippen molar-refractivity contribution in [3.63, 3.8) is 0 Å². The predicted molar refractivity (Wildman–Crippen MR) is 47.0 cm³/mol. The highest BCUT2D eigenvalue weighted by molar-refractivity contribution is 7.13. The Morgan fingerprint density at radius 2 is 2.55 bits per heavy atom. The lowest BCUT2D eigenvalue weighted by molar-refractivity contribution is 0.205. The SMILES string of the molecule is CN1CC(Nc2nccs2)C1. The molecular formula is C7H11N3S. The topological polar surface area (TPSA) is 28.2 Å². The van der Waals surface area contributed by atoms with Crippen molar-refractivity contribution in [3.05, 3.63) is 11.6 Å². The van der Waals surface area contributed by atoms with Gasteiger partial charge in [-0.1, -0.05) is 0 Å². The van der Waals surface area contributed by atoms with Crippen LogP contribution in [-0.4, -0.2) is 36.1 Å². The van der Waals surface area contributed by atoms with Crippen molar-refractivity contribution >= 4 is 16.5 Å². The van der Waals surface area contributed by atoms with E-state index in [0.717, 1.165) is 18.2 Å². The number of anilines is 1. The van der Waals surface area contributed by atoms with E-state index in [-0.39, 0.29) is 0 Å². The number of likely N-dealkylation sites (N-methyl/N-ethyl adjacent to an activating group) is 1. The second-order valence-corrected chi connectivity index (χ2v) is 3.79. The Balaban J connectivity index is 1.84. The Hall–Kier alpha value is -0.610. The van der Waals surface area contributed by atoms with Crippen LogP contribution in [0, 0.1) is 0 Å². The van der Waals surface area contributed by atoms with Crippen LogP contribution in [0.3, 0.4) is 0 Å². The van der Waals surface area contributed by atoms with Gasteiger partial charge in [0.15, 0.2) is 5.13 Å². The third kappa shape index (κ3) is 1.52. The monoisotopic (exact) mass is 169 g/mol. The highest BCUT2D eigenvalue weighted by Crippen LogP contribution is 2.15. The van der Waals surface area contributed by atoms with E-state index in [1.165, 1.54) is 0 Å². The first-order valence-electron chi connectivity index (χ1n) is 3.69. The summed E-state index contributed by atoms with van der Waals surface area (Å²) in [7, 11) is 2.13. The van der Waals surface area contributed by atoms with Gasteiger partial charge < -0.3 is 10.2 Å². The molecule has 0 radical (unpaired) electrons. The smallest absolute Gasteiger partial charge is 0.182 e. The van der Waals surface area contributed by atoms with Crippen molar-refractivity contribution in [1.82, 2.24) is 9.88 Å². The van der Waals surface area contributed by atoms with E-state index in [1.807, 2.05) is 11.6 Å². The number of hydrogen-bond donors (Lipinski definition) is 1. The van der Waals surface area contributed by atoms with Crippen molar-refractivity contribution in [1.29, 1.82) is 0 Å². The summed E-state index contributed by atoms with van der Waals surface area (Å²) in [6.45, 7) is 2.28. The molecule has 3 nitrogen and oxygen atoms in total. The van der Waals surface area contributed by atoms with E-state index in [1.54, 1.807) is 11.3 Å². The largest absolute Gasteiger partial charge is 0.356 e. The molecule has 1 aliphatic heterocycles. The Kier molecular flexibility index (Phi) is 1.79. The summed E-state index contributed by atoms with van der Waals surface area (Å²) in [6, 6.07) is 0.617. The van der Waals surface area contributed by atoms with Crippen molar-refractivity contribution in [2.45, 2.75) is 6.04 Å². The van der Waals surface area contributed by atoms with Crippen LogP contribution in [0.1, 0.15) is 0 Å². The molecule has 0 aromatic carbocycles. The average molecular weight is 169 g/mol. The van der Waals surface area contributed by atoms with E-state index in [2.05, 4.69) is 22.2 Å². The predicted octanol–water partition coefficient (Wildman–Crippen LogP) is 0.869. The van der Waals surface area contributed by atoms with Crippen LogP contribution < -0.4 is 5.32 Å². The van der Waals surface area contributed by atoms with E-state index in [0.29, 0.717) is 6.04 Å². The molecule has 0 bridgehead atoms. The van der Waals surface area contributed by atoms with Gasteiger partial charge in [-0.25, -0.2) is 4.98 Å². The zero-order valence-corrected chi connectivity index (χ0v) is 7.27. The summed E-state index contributed by atoms with van der Waals surface area (Å²) in [4.78, 5) is 6.43. The van der Waals surface area contributed by atoms with Crippen molar-refractivity contribution < 1.29 is 0 Å². The maximum Gasteiger partial charge on any atom is 0.182 e. The number of nitrogens with one attached hydrogen (secondary N) is 1. The first kappa shape index (κ1) is 7.06. The molecule has 1 saturated heterocycles. The number of thiazole rings is 1. The second kappa shape index (κ2) is 2.79. The molecule has 11 heavy (non-hydrogen) atoms. The van der Waals surface area contributed by atoms with Crippen LogP contribution in [0.25, 0.3) is 0 Å². The van der Waals surface area contributed by atoms with Crippen molar-refractivity contribution in [3.8, 4) is 0 Å². The van der Waals surface area contributed by atoms with Crippen LogP contribution >= 0.6 is 11.3 Å². The lowest BCUT2D eigenvalue weighted by atomic mass is 10.1. The molecule has 1 aromatic heterocycles. The summed E-state index contributed by atoms with van der Waals surface area (Å²) in [6.07, 6.45) is 1.83. The molecule has 0 unspecified atom stereocenters. The summed E-state index contributed by atoms with van der Waals surface area (Å²) in [5.74, 6) is 0. The van der Waals surface area contributed by atoms with Gasteiger partial charge >= 0.3 is 0 Å². The molecule has 0 spiro atoms. The number of nitrogens with zero attached hydrogens (tertiary/aromatic N) is 2. The molecule has 1 N–H and O–H groups in total. The van der Waals surface area contributed by atoms with Crippen LogP contribution in [0.4, 0.5) is 5.13 Å². The molecule has 0 amide bonds. The molecule has 0 atom stereocenters. The first-order valence-corrected chi connectivity index (χ1v) is 4.57. The highest BCUT2D eigenvalue weighted by atomic mass is 32.1. The molecular weight excluding hydrogens is 158 g/mol. The fourth-order valence-electron chi connectivity index (χ4n) is 1.26. The van der Waals surface area contributed by atoms with Gasteiger partial charge in [0.2, 0.25) is 0 Å². The minimum Gasteiger partial charge on any atom is -0.356 e. The third-order valence-corrected chi connectivity index (χ3v) is 2.53. The second-order valence-electron chi connectivity index (χ2n) is 2.90. The van der Waals surface area contributed by atoms with Gasteiger partial charge in [-0.3, -0.25) is 0 Å². The van der Waals surface area contributed by atoms with Gasteiger partial charge in [0.25, 0.3) is 0 Å². The highest BCUT2D eigenvalue weighted by Gasteiger charge is 2.22. The molecule has 0 saturated carbocycles. The molecule has 2 rings (SSSR count). The van der Waals surface area contributed by atoms with Crippen LogP contribution in [0.15, 0.2) is 11.6 Å². The van der Waals surface area contributed by atoms with E-state index in [9.17, 15) is 0 Å². The zero-order valence-electron chi connectivity index (χ0n) is 6.45. The molecule has 1 aliphatic rings. The summed E-state index contributed by atoms with van der Waals surface area (Å²) in [5, 5.41) is 6.39. The standard InChI is InChI=1S/C7H11N3S/c1-10-4-6(5-10)9-7-8-2-3-11-7/h2-3,6H,4-5H2,1H3,(H,8,9). The Labute approximate surface area is 70.1 Å². The summed E-state index contributed by atoms with van der Waals surface area (Å²) in [5.41, 5.74) is 0. The van der Waals surface area contributed by atoms with Crippen LogP contribution in [0.2, 0.25) is 0 Å². The minimum absolute atomic E-state index is 0.617. The van der Waals surface area contributed by atoms with Crippen LogP contribution in [0.5, 0.6) is 0 Å². The molecule has 4 heteroatoms. The lowest BCUT2D eigenvalue weighted by Gasteiger charge is -2.36. The normalized spacial score (nSPS) is 19.7. The Bertz CT molecular complexity index is 216. The third-order valence-electron chi connectivity index (χ3n) is 1.82. The number of aromatic nitrogens is 1. The Morgan fingerprint density at radius 3 is 3.09 bits per heavy atom. The maximum absolute atomic E-state index is 4.15. The molecule has 1 fully saturated rings. The maximum atomic E-state index is 4.15.